The molecular formula is C77H144N2O22P2. The van der Waals surface area contributed by atoms with Crippen molar-refractivity contribution >= 4 is 45.0 Å². The van der Waals surface area contributed by atoms with Crippen molar-refractivity contribution in [3.63, 3.8) is 0 Å². The standard InChI is InChI=1S/C77H144N2O22P2/c1-8-13-18-22-26-28-32-35-41-48-62(81)56-67(83)78-70-74(94-54-52-61(80)47-40-34-30-24-20-15-10-3)72(86)65(98-77(70)101-103(90,91)92)59-96-76-71(79-68(84)57-63(82)49-42-36-33-29-27-23-19-14-9-2)75(73(100-102(87,88)89)66(99-76)58-93-7)95-55-53-64(50-43-37-31-25-21-16-11-4)97-69(85)51-44-38-39-46-60(6)45-17-12-5/h39,46,60-61,64-66,70-77,80,86H,8-38,40-45,47-59H2,1-7H3,(H,78,83)(H,79,84)(H2,87,88,89)(H2,90,91,92)/b46-39+/t60?,61-,64+,65?,66-,70-,71-,72-,73-,74-,75-,76-,77-/m1/s1. The van der Waals surface area contributed by atoms with Crippen LogP contribution >= 0.6 is 15.6 Å². The van der Waals surface area contributed by atoms with Gasteiger partial charge in [-0.1, -0.05) is 253 Å². The number of ketones is 2. The first-order chi connectivity index (χ1) is 49.5. The Kier molecular flexibility index (Phi) is 56.4. The van der Waals surface area contributed by atoms with Crippen LogP contribution in [0.4, 0.5) is 0 Å². The average molecular weight is 1510 g/mol. The maximum atomic E-state index is 14.3. The highest BCUT2D eigenvalue weighted by Gasteiger charge is 2.53. The third kappa shape index (κ3) is 48.5. The van der Waals surface area contributed by atoms with Gasteiger partial charge in [-0.15, -0.1) is 0 Å². The van der Waals surface area contributed by atoms with Crippen LogP contribution in [-0.2, 0) is 75.3 Å². The molecule has 24 nitrogen and oxygen atoms in total. The highest BCUT2D eigenvalue weighted by molar-refractivity contribution is 7.46. The van der Waals surface area contributed by atoms with Crippen LogP contribution in [0.25, 0.3) is 0 Å². The first-order valence-electron chi connectivity index (χ1n) is 40.5. The van der Waals surface area contributed by atoms with Crippen molar-refractivity contribution in [1.82, 2.24) is 10.6 Å². The third-order valence-electron chi connectivity index (χ3n) is 19.4. The molecule has 2 unspecified atom stereocenters. The molecule has 0 spiro atoms. The fourth-order valence-corrected chi connectivity index (χ4v) is 14.4. The molecule has 26 heteroatoms. The molecule has 2 aliphatic heterocycles. The van der Waals surface area contributed by atoms with Crippen LogP contribution in [0.2, 0.25) is 0 Å². The van der Waals surface area contributed by atoms with E-state index in [4.69, 9.17) is 42.2 Å². The molecule has 0 bridgehead atoms. The summed E-state index contributed by atoms with van der Waals surface area (Å²) < 4.78 is 80.1. The van der Waals surface area contributed by atoms with Gasteiger partial charge in [0.25, 0.3) is 0 Å². The molecule has 0 aromatic rings. The monoisotopic (exact) mass is 1510 g/mol. The van der Waals surface area contributed by atoms with E-state index in [1.165, 1.54) is 32.8 Å². The number of allylic oxidation sites excluding steroid dienone is 2. The summed E-state index contributed by atoms with van der Waals surface area (Å²) in [7, 11) is -9.66. The molecule has 2 fully saturated rings. The predicted molar refractivity (Wildman–Crippen MR) is 400 cm³/mol. The lowest BCUT2D eigenvalue weighted by atomic mass is 9.95. The maximum absolute atomic E-state index is 14.3. The lowest BCUT2D eigenvalue weighted by Crippen LogP contribution is -2.67. The first kappa shape index (κ1) is 96.5. The Labute approximate surface area is 620 Å². The highest BCUT2D eigenvalue weighted by atomic mass is 31.2. The minimum Gasteiger partial charge on any atom is -0.462 e. The van der Waals surface area contributed by atoms with E-state index in [2.05, 4.69) is 64.3 Å². The number of ether oxygens (including phenoxy) is 7. The number of nitrogens with one attached hydrogen (secondary N) is 2. The first-order valence-corrected chi connectivity index (χ1v) is 43.5. The second-order valence-corrected chi connectivity index (χ2v) is 31.5. The van der Waals surface area contributed by atoms with Gasteiger partial charge < -0.3 is 73.6 Å². The fourth-order valence-electron chi connectivity index (χ4n) is 13.4. The molecule has 0 saturated carbocycles. The number of phosphoric acid groups is 2. The summed E-state index contributed by atoms with van der Waals surface area (Å²) in [6.45, 7) is 11.3. The number of rotatable bonds is 68. The summed E-state index contributed by atoms with van der Waals surface area (Å²) in [6.07, 6.45) is 26.3. The molecule has 0 radical (unpaired) electrons. The average Bonchev–Trinajstić information content (AvgIpc) is 0.785. The van der Waals surface area contributed by atoms with E-state index in [1.807, 2.05) is 0 Å². The Bertz CT molecular complexity index is 2310. The van der Waals surface area contributed by atoms with Gasteiger partial charge in [-0.2, -0.15) is 0 Å². The van der Waals surface area contributed by atoms with E-state index >= 15 is 0 Å². The third-order valence-corrected chi connectivity index (χ3v) is 20.4. The molecule has 13 atom stereocenters. The summed E-state index contributed by atoms with van der Waals surface area (Å²) >= 11 is 0. The molecule has 2 heterocycles. The minimum absolute atomic E-state index is 0.0565. The van der Waals surface area contributed by atoms with Crippen molar-refractivity contribution < 1.29 is 105 Å². The number of phosphoric ester groups is 2. The second kappa shape index (κ2) is 60.2. The zero-order valence-electron chi connectivity index (χ0n) is 64.6. The Morgan fingerprint density at radius 2 is 0.903 bits per heavy atom. The van der Waals surface area contributed by atoms with Gasteiger partial charge in [0.2, 0.25) is 11.8 Å². The lowest BCUT2D eigenvalue weighted by molar-refractivity contribution is -0.301. The van der Waals surface area contributed by atoms with Crippen LogP contribution in [0, 0.1) is 5.92 Å². The smallest absolute Gasteiger partial charge is 0.462 e. The van der Waals surface area contributed by atoms with Gasteiger partial charge in [-0.05, 0) is 63.7 Å². The fraction of sp³-hybridized carbons (Fsp3) is 0.909. The van der Waals surface area contributed by atoms with Crippen LogP contribution in [0.1, 0.15) is 337 Å². The van der Waals surface area contributed by atoms with E-state index in [9.17, 15) is 62.9 Å². The Morgan fingerprint density at radius 1 is 0.466 bits per heavy atom. The highest BCUT2D eigenvalue weighted by Crippen LogP contribution is 2.44. The van der Waals surface area contributed by atoms with E-state index in [-0.39, 0.29) is 56.9 Å². The zero-order chi connectivity index (χ0) is 75.9. The van der Waals surface area contributed by atoms with Gasteiger partial charge in [0.05, 0.1) is 38.8 Å². The summed E-state index contributed by atoms with van der Waals surface area (Å²) in [5.41, 5.74) is 0. The Balaban J connectivity index is 2.66. The summed E-state index contributed by atoms with van der Waals surface area (Å²) in [6, 6.07) is -3.26. The number of Topliss-reactive ketones (excluding diaryl/α,β-unsaturated/α-hetero) is 2. The van der Waals surface area contributed by atoms with E-state index in [0.717, 1.165) is 186 Å². The van der Waals surface area contributed by atoms with Crippen LogP contribution in [0.5, 0.6) is 0 Å². The van der Waals surface area contributed by atoms with Crippen molar-refractivity contribution in [2.24, 2.45) is 5.92 Å². The SMILES string of the molecule is CCCCCCCCCCCC(=O)CC(=O)N[C@H]1[C@H](OCC2O[C@H](OP(=O)(O)O)[C@H](NC(=O)CC(=O)CCCCCCCCCCC)[C@@H](OCC[C@H](O)CCCCCCCCC)[C@@H]2O)O[C@H](COC)[C@@H](OP(=O)(O)O)[C@@H]1OCC[C@H](CCCCCCCCC)OC(=O)CCC/C=C/C(C)CCCC. The minimum atomic E-state index is -5.52. The molecule has 0 aromatic carbocycles. The number of unbranched alkanes of at least 4 members (excludes halogenated alkanes) is 30. The number of hydrogen-bond donors (Lipinski definition) is 8. The van der Waals surface area contributed by atoms with E-state index in [1.54, 1.807) is 0 Å². The number of carbonyl (C=O) groups is 5. The van der Waals surface area contributed by atoms with Crippen molar-refractivity contribution in [3.05, 3.63) is 12.2 Å². The molecule has 0 aromatic heterocycles. The van der Waals surface area contributed by atoms with Gasteiger partial charge in [0.1, 0.15) is 66.4 Å². The second-order valence-electron chi connectivity index (χ2n) is 29.1. The molecule has 8 N–H and O–H groups in total. The number of carbonyl (C=O) groups excluding carboxylic acids is 5. The number of esters is 1. The molecule has 2 aliphatic rings. The molecule has 2 amide bonds. The van der Waals surface area contributed by atoms with Crippen molar-refractivity contribution in [2.75, 3.05) is 33.5 Å². The van der Waals surface area contributed by atoms with Crippen LogP contribution < -0.4 is 10.6 Å². The van der Waals surface area contributed by atoms with Crippen LogP contribution in [0.3, 0.4) is 0 Å². The van der Waals surface area contributed by atoms with Gasteiger partial charge >= 0.3 is 21.6 Å². The predicted octanol–water partition coefficient (Wildman–Crippen LogP) is 15.4. The number of aliphatic hydroxyl groups is 2. The molecule has 2 saturated heterocycles. The summed E-state index contributed by atoms with van der Waals surface area (Å²) in [4.78, 5) is 110. The molecule has 604 valence electrons. The topological polar surface area (TPSA) is 348 Å². The number of amides is 2. The van der Waals surface area contributed by atoms with E-state index < -0.39 is 133 Å². The summed E-state index contributed by atoms with van der Waals surface area (Å²) in [5, 5.41) is 28.9. The van der Waals surface area contributed by atoms with Crippen LogP contribution in [0.15, 0.2) is 12.2 Å². The van der Waals surface area contributed by atoms with Crippen LogP contribution in [-0.4, -0.2) is 166 Å². The van der Waals surface area contributed by atoms with Gasteiger partial charge in [0.15, 0.2) is 12.6 Å². The Morgan fingerprint density at radius 3 is 1.39 bits per heavy atom. The molecular weight excluding hydrogens is 1370 g/mol. The largest absolute Gasteiger partial charge is 0.472 e. The Hall–Kier alpha value is -2.61. The maximum Gasteiger partial charge on any atom is 0.472 e. The van der Waals surface area contributed by atoms with Gasteiger partial charge in [-0.25, -0.2) is 9.13 Å². The molecule has 0 aliphatic carbocycles. The van der Waals surface area contributed by atoms with Gasteiger partial charge in [-0.3, -0.25) is 33.0 Å². The van der Waals surface area contributed by atoms with Crippen molar-refractivity contribution in [3.8, 4) is 0 Å². The lowest BCUT2D eigenvalue weighted by Gasteiger charge is -2.47. The molecule has 2 rings (SSSR count). The summed E-state index contributed by atoms with van der Waals surface area (Å²) in [5.74, 6) is -2.42. The quantitative estimate of drug-likeness (QED) is 0.00922. The van der Waals surface area contributed by atoms with Crippen molar-refractivity contribution in [1.29, 1.82) is 0 Å². The number of hydrogen-bond acceptors (Lipinski definition) is 18. The van der Waals surface area contributed by atoms with Gasteiger partial charge in [0, 0.05) is 39.4 Å². The normalized spacial score (nSPS) is 21.9. The zero-order valence-corrected chi connectivity index (χ0v) is 66.4. The number of aliphatic hydroxyl groups excluding tert-OH is 2. The number of methoxy groups -OCH3 is 1. The molecule has 103 heavy (non-hydrogen) atoms. The van der Waals surface area contributed by atoms with Crippen molar-refractivity contribution in [2.45, 2.75) is 410 Å². The van der Waals surface area contributed by atoms with E-state index in [0.29, 0.717) is 44.4 Å².